The molecule has 0 unspecified atom stereocenters. The summed E-state index contributed by atoms with van der Waals surface area (Å²) in [6, 6.07) is 16.7. The molecule has 0 amide bonds. The van der Waals surface area contributed by atoms with Gasteiger partial charge in [0.05, 0.1) is 0 Å². The molecule has 26 heavy (non-hydrogen) atoms. The summed E-state index contributed by atoms with van der Waals surface area (Å²) < 4.78 is 20.9. The van der Waals surface area contributed by atoms with E-state index in [9.17, 15) is 4.39 Å². The van der Waals surface area contributed by atoms with Crippen LogP contribution in [0.4, 0.5) is 4.39 Å². The van der Waals surface area contributed by atoms with Crippen molar-refractivity contribution in [2.75, 3.05) is 0 Å². The molecular formula is C22H20FN2O+. The van der Waals surface area contributed by atoms with Gasteiger partial charge in [-0.2, -0.15) is 0 Å². The van der Waals surface area contributed by atoms with Gasteiger partial charge in [0.2, 0.25) is 5.89 Å². The number of benzene rings is 2. The number of rotatable bonds is 4. The Hall–Kier alpha value is -3.01. The zero-order chi connectivity index (χ0) is 18.1. The smallest absolute Gasteiger partial charge is 0.227 e. The highest BCUT2D eigenvalue weighted by atomic mass is 19.1. The van der Waals surface area contributed by atoms with E-state index in [0.717, 1.165) is 22.2 Å². The molecule has 0 spiro atoms. The third kappa shape index (κ3) is 3.36. The molecule has 0 bridgehead atoms. The summed E-state index contributed by atoms with van der Waals surface area (Å²) in [5.74, 6) is 0.863. The van der Waals surface area contributed by atoms with E-state index in [1.54, 1.807) is 12.1 Å². The van der Waals surface area contributed by atoms with E-state index in [0.29, 0.717) is 18.4 Å². The van der Waals surface area contributed by atoms with Gasteiger partial charge in [-0.3, -0.25) is 0 Å². The number of fused-ring (bicyclic) bond motifs is 1. The van der Waals surface area contributed by atoms with Crippen LogP contribution in [0, 0.1) is 5.82 Å². The average molecular weight is 347 g/mol. The van der Waals surface area contributed by atoms with Gasteiger partial charge in [-0.15, -0.1) is 0 Å². The standard InChI is InChI=1S/C22H20FN2O/c1-15(2)18-5-8-21-20(13-18)24-22(26-21)17-9-11-25(12-10-17)14-16-3-6-19(23)7-4-16/h3-13,15H,14H2,1-2H3/q+1. The molecule has 4 heteroatoms. The number of pyridine rings is 1. The van der Waals surface area contributed by atoms with Crippen molar-refractivity contribution in [2.24, 2.45) is 0 Å². The van der Waals surface area contributed by atoms with Gasteiger partial charge < -0.3 is 4.42 Å². The van der Waals surface area contributed by atoms with Gasteiger partial charge in [-0.05, 0) is 47.9 Å². The Bertz CT molecular complexity index is 1030. The topological polar surface area (TPSA) is 29.9 Å². The van der Waals surface area contributed by atoms with E-state index in [-0.39, 0.29) is 5.82 Å². The van der Waals surface area contributed by atoms with Crippen LogP contribution in [-0.4, -0.2) is 4.98 Å². The van der Waals surface area contributed by atoms with Crippen LogP contribution in [0.1, 0.15) is 30.9 Å². The summed E-state index contributed by atoms with van der Waals surface area (Å²) in [6.07, 6.45) is 3.96. The van der Waals surface area contributed by atoms with Crippen LogP contribution in [0.2, 0.25) is 0 Å². The largest absolute Gasteiger partial charge is 0.436 e. The van der Waals surface area contributed by atoms with Crippen molar-refractivity contribution in [1.29, 1.82) is 0 Å². The monoisotopic (exact) mass is 347 g/mol. The van der Waals surface area contributed by atoms with E-state index in [4.69, 9.17) is 4.42 Å². The maximum Gasteiger partial charge on any atom is 0.227 e. The van der Waals surface area contributed by atoms with Crippen LogP contribution in [0.25, 0.3) is 22.6 Å². The Morgan fingerprint density at radius 2 is 1.73 bits per heavy atom. The molecular weight excluding hydrogens is 327 g/mol. The highest BCUT2D eigenvalue weighted by molar-refractivity contribution is 5.76. The first-order valence-corrected chi connectivity index (χ1v) is 8.73. The van der Waals surface area contributed by atoms with Crippen LogP contribution in [0.15, 0.2) is 71.4 Å². The van der Waals surface area contributed by atoms with Crippen molar-refractivity contribution >= 4 is 11.1 Å². The van der Waals surface area contributed by atoms with Gasteiger partial charge in [0, 0.05) is 23.3 Å². The van der Waals surface area contributed by atoms with Crippen LogP contribution in [-0.2, 0) is 6.54 Å². The molecule has 0 saturated heterocycles. The van der Waals surface area contributed by atoms with E-state index < -0.39 is 0 Å². The molecule has 0 fully saturated rings. The summed E-state index contributed by atoms with van der Waals surface area (Å²) >= 11 is 0. The quantitative estimate of drug-likeness (QED) is 0.481. The fraction of sp³-hybridized carbons (Fsp3) is 0.182. The van der Waals surface area contributed by atoms with Gasteiger partial charge in [-0.1, -0.05) is 19.9 Å². The minimum Gasteiger partial charge on any atom is -0.436 e. The predicted molar refractivity (Wildman–Crippen MR) is 99.2 cm³/mol. The Kier molecular flexibility index (Phi) is 4.25. The second-order valence-corrected chi connectivity index (χ2v) is 6.79. The molecule has 130 valence electrons. The molecule has 3 nitrogen and oxygen atoms in total. The SMILES string of the molecule is CC(C)c1ccc2oc(-c3cc[n+](Cc4ccc(F)cc4)cc3)nc2c1. The number of halogens is 1. The first-order chi connectivity index (χ1) is 12.6. The van der Waals surface area contributed by atoms with Gasteiger partial charge in [-0.25, -0.2) is 13.9 Å². The molecule has 0 aliphatic rings. The van der Waals surface area contributed by atoms with Crippen molar-refractivity contribution in [3.8, 4) is 11.5 Å². The minimum absolute atomic E-state index is 0.217. The molecule has 2 aromatic carbocycles. The van der Waals surface area contributed by atoms with Gasteiger partial charge >= 0.3 is 0 Å². The molecule has 2 aromatic heterocycles. The van der Waals surface area contributed by atoms with Crippen molar-refractivity contribution in [2.45, 2.75) is 26.3 Å². The number of nitrogens with zero attached hydrogens (tertiary/aromatic N) is 2. The van der Waals surface area contributed by atoms with Gasteiger partial charge in [0.1, 0.15) is 11.3 Å². The van der Waals surface area contributed by atoms with Crippen molar-refractivity contribution in [3.05, 3.63) is 83.9 Å². The molecule has 0 atom stereocenters. The van der Waals surface area contributed by atoms with E-state index >= 15 is 0 Å². The minimum atomic E-state index is -0.217. The fourth-order valence-electron chi connectivity index (χ4n) is 2.93. The van der Waals surface area contributed by atoms with Crippen LogP contribution < -0.4 is 4.57 Å². The summed E-state index contributed by atoms with van der Waals surface area (Å²) in [4.78, 5) is 4.63. The number of hydrogen-bond donors (Lipinski definition) is 0. The Morgan fingerprint density at radius 1 is 1.00 bits per heavy atom. The molecule has 0 aliphatic heterocycles. The maximum absolute atomic E-state index is 13.0. The molecule has 0 aliphatic carbocycles. The normalized spacial score (nSPS) is 11.4. The van der Waals surface area contributed by atoms with Crippen molar-refractivity contribution < 1.29 is 13.4 Å². The van der Waals surface area contributed by atoms with Crippen molar-refractivity contribution in [1.82, 2.24) is 4.98 Å². The average Bonchev–Trinajstić information content (AvgIpc) is 3.07. The molecule has 4 rings (SSSR count). The van der Waals surface area contributed by atoms with E-state index in [1.807, 2.05) is 35.2 Å². The lowest BCUT2D eigenvalue weighted by Gasteiger charge is -2.02. The third-order valence-electron chi connectivity index (χ3n) is 4.49. The lowest BCUT2D eigenvalue weighted by atomic mass is 10.0. The summed E-state index contributed by atoms with van der Waals surface area (Å²) in [5.41, 5.74) is 4.92. The zero-order valence-electron chi connectivity index (χ0n) is 14.8. The van der Waals surface area contributed by atoms with Gasteiger partial charge in [0.25, 0.3) is 0 Å². The number of aromatic nitrogens is 2. The molecule has 0 saturated carbocycles. The summed E-state index contributed by atoms with van der Waals surface area (Å²) in [6.45, 7) is 5.02. The molecule has 0 N–H and O–H groups in total. The maximum atomic E-state index is 13.0. The van der Waals surface area contributed by atoms with Crippen LogP contribution in [0.3, 0.4) is 0 Å². The summed E-state index contributed by atoms with van der Waals surface area (Å²) in [7, 11) is 0. The zero-order valence-corrected chi connectivity index (χ0v) is 14.8. The Labute approximate surface area is 151 Å². The predicted octanol–water partition coefficient (Wildman–Crippen LogP) is 5.09. The molecule has 2 heterocycles. The summed E-state index contributed by atoms with van der Waals surface area (Å²) in [5, 5.41) is 0. The lowest BCUT2D eigenvalue weighted by molar-refractivity contribution is -0.688. The highest BCUT2D eigenvalue weighted by Crippen LogP contribution is 2.26. The van der Waals surface area contributed by atoms with Crippen molar-refractivity contribution in [3.63, 3.8) is 0 Å². The molecule has 4 aromatic rings. The second-order valence-electron chi connectivity index (χ2n) is 6.79. The van der Waals surface area contributed by atoms with E-state index in [1.165, 1.54) is 17.7 Å². The van der Waals surface area contributed by atoms with Gasteiger partial charge in [0.15, 0.2) is 24.5 Å². The number of hydrogen-bond acceptors (Lipinski definition) is 2. The Balaban J connectivity index is 1.58. The first-order valence-electron chi connectivity index (χ1n) is 8.73. The van der Waals surface area contributed by atoms with E-state index in [2.05, 4.69) is 31.0 Å². The fourth-order valence-corrected chi connectivity index (χ4v) is 2.93. The second kappa shape index (κ2) is 6.71. The van der Waals surface area contributed by atoms with Crippen LogP contribution in [0.5, 0.6) is 0 Å². The first kappa shape index (κ1) is 16.5. The number of oxazole rings is 1. The van der Waals surface area contributed by atoms with Crippen LogP contribution >= 0.6 is 0 Å². The third-order valence-corrected chi connectivity index (χ3v) is 4.49. The highest BCUT2D eigenvalue weighted by Gasteiger charge is 2.12. The molecule has 0 radical (unpaired) electrons. The Morgan fingerprint density at radius 3 is 2.42 bits per heavy atom. The lowest BCUT2D eigenvalue weighted by Crippen LogP contribution is -2.32.